The van der Waals surface area contributed by atoms with E-state index in [9.17, 15) is 19.6 Å². The average molecular weight is 489 g/mol. The van der Waals surface area contributed by atoms with Gasteiger partial charge in [0.25, 0.3) is 5.91 Å². The Balaban J connectivity index is 1.59. The second-order valence-electron chi connectivity index (χ2n) is 8.17. The summed E-state index contributed by atoms with van der Waals surface area (Å²) in [6, 6.07) is 12.9. The monoisotopic (exact) mass is 488 g/mol. The molecule has 0 bridgehead atoms. The fourth-order valence-electron chi connectivity index (χ4n) is 4.02. The lowest BCUT2D eigenvalue weighted by molar-refractivity contribution is -0.134. The van der Waals surface area contributed by atoms with E-state index in [2.05, 4.69) is 15.0 Å². The van der Waals surface area contributed by atoms with Crippen molar-refractivity contribution in [1.29, 1.82) is 5.26 Å². The molecule has 2 aliphatic rings. The van der Waals surface area contributed by atoms with Crippen LogP contribution in [0.4, 0.5) is 16.0 Å². The van der Waals surface area contributed by atoms with Gasteiger partial charge in [0.1, 0.15) is 11.9 Å². The molecule has 0 spiro atoms. The van der Waals surface area contributed by atoms with E-state index in [1.165, 1.54) is 29.4 Å². The van der Waals surface area contributed by atoms with E-state index in [0.717, 1.165) is 4.90 Å². The molecule has 3 heterocycles. The highest BCUT2D eigenvalue weighted by Gasteiger charge is 2.43. The second-order valence-corrected chi connectivity index (χ2v) is 11.7. The Bertz CT molecular complexity index is 1500. The van der Waals surface area contributed by atoms with Crippen LogP contribution in [0, 0.1) is 17.1 Å². The zero-order valence-electron chi connectivity index (χ0n) is 18.6. The number of amidine groups is 1. The third-order valence-electron chi connectivity index (χ3n) is 5.84. The molecule has 3 amide bonds. The number of aliphatic imine (C=N–C) groups is 1. The maximum atomic E-state index is 15.3. The molecule has 174 valence electrons. The van der Waals surface area contributed by atoms with Gasteiger partial charge in [0.05, 0.1) is 17.8 Å². The fourth-order valence-corrected chi connectivity index (χ4v) is 5.99. The van der Waals surface area contributed by atoms with Crippen molar-refractivity contribution in [3.63, 3.8) is 0 Å². The van der Waals surface area contributed by atoms with Crippen LogP contribution < -0.4 is 9.80 Å². The number of amides is 3. The summed E-state index contributed by atoms with van der Waals surface area (Å²) < 4.78 is 15.3. The Kier molecular flexibility index (Phi) is 5.18. The largest absolute Gasteiger partial charge is 0.338 e. The van der Waals surface area contributed by atoms with Crippen molar-refractivity contribution in [3.05, 3.63) is 77.4 Å². The third-order valence-corrected chi connectivity index (χ3v) is 8.44. The van der Waals surface area contributed by atoms with Gasteiger partial charge in [-0.05, 0) is 47.7 Å². The number of carbonyl (C=O) groups is 3. The first-order valence-corrected chi connectivity index (χ1v) is 12.8. The van der Waals surface area contributed by atoms with Crippen molar-refractivity contribution in [2.45, 2.75) is 11.4 Å². The number of anilines is 2. The number of benzene rings is 2. The summed E-state index contributed by atoms with van der Waals surface area (Å²) in [6.45, 7) is -0.0142. The first-order valence-electron chi connectivity index (χ1n) is 10.3. The van der Waals surface area contributed by atoms with E-state index in [1.54, 1.807) is 42.8 Å². The first-order chi connectivity index (χ1) is 16.7. The van der Waals surface area contributed by atoms with Gasteiger partial charge in [-0.2, -0.15) is 20.3 Å². The second kappa shape index (κ2) is 8.11. The van der Waals surface area contributed by atoms with Gasteiger partial charge >= 0.3 is 11.8 Å². The molecule has 1 aromatic heterocycles. The van der Waals surface area contributed by atoms with Crippen molar-refractivity contribution in [2.75, 3.05) is 22.3 Å². The van der Waals surface area contributed by atoms with Crippen LogP contribution in [-0.4, -0.2) is 45.4 Å². The van der Waals surface area contributed by atoms with E-state index in [1.807, 2.05) is 6.07 Å². The highest BCUT2D eigenvalue weighted by atomic mass is 32.3. The molecule has 5 rings (SSSR count). The predicted molar refractivity (Wildman–Crippen MR) is 128 cm³/mol. The molecule has 0 fully saturated rings. The molecular weight excluding hydrogens is 471 g/mol. The predicted octanol–water partition coefficient (Wildman–Crippen LogP) is 3.00. The van der Waals surface area contributed by atoms with Crippen LogP contribution in [0.1, 0.15) is 21.5 Å². The van der Waals surface area contributed by atoms with Gasteiger partial charge in [-0.3, -0.25) is 24.2 Å². The number of nitrogens with zero attached hydrogens (tertiary/aromatic N) is 6. The smallest absolute Gasteiger partial charge is 0.272 e. The van der Waals surface area contributed by atoms with Crippen LogP contribution in [0.3, 0.4) is 0 Å². The number of halogens is 1. The molecule has 2 aliphatic heterocycles. The number of aromatic nitrogens is 2. The summed E-state index contributed by atoms with van der Waals surface area (Å²) in [7, 11) is -2.29. The van der Waals surface area contributed by atoms with Crippen LogP contribution in [0.5, 0.6) is 0 Å². The number of rotatable bonds is 3. The maximum Gasteiger partial charge on any atom is 0.338 e. The maximum absolute atomic E-state index is 15.3. The lowest BCUT2D eigenvalue weighted by Gasteiger charge is -2.36. The third kappa shape index (κ3) is 3.46. The number of carbonyl (C=O) groups excluding carboxylic acids is 3. The van der Waals surface area contributed by atoms with Crippen molar-refractivity contribution in [1.82, 2.24) is 9.97 Å². The molecule has 0 saturated heterocycles. The Morgan fingerprint density at radius 2 is 1.74 bits per heavy atom. The summed E-state index contributed by atoms with van der Waals surface area (Å²) >= 11 is 0. The minimum absolute atomic E-state index is 0.0142. The Labute approximate surface area is 200 Å². The highest BCUT2D eigenvalue weighted by molar-refractivity contribution is 8.44. The van der Waals surface area contributed by atoms with Crippen LogP contribution in [0.15, 0.2) is 64.7 Å². The number of hydrogen-bond donors (Lipinski definition) is 0. The average Bonchev–Trinajstić information content (AvgIpc) is 3.36. The van der Waals surface area contributed by atoms with Gasteiger partial charge in [-0.25, -0.2) is 14.4 Å². The summed E-state index contributed by atoms with van der Waals surface area (Å²) in [4.78, 5) is 53.3. The highest BCUT2D eigenvalue weighted by Crippen LogP contribution is 2.54. The Morgan fingerprint density at radius 1 is 1.03 bits per heavy atom. The van der Waals surface area contributed by atoms with Gasteiger partial charge < -0.3 is 0 Å². The van der Waals surface area contributed by atoms with Gasteiger partial charge in [0, 0.05) is 23.5 Å². The molecule has 35 heavy (non-hydrogen) atoms. The van der Waals surface area contributed by atoms with Gasteiger partial charge in [0.2, 0.25) is 5.95 Å². The van der Waals surface area contributed by atoms with Gasteiger partial charge in [-0.1, -0.05) is 12.1 Å². The lowest BCUT2D eigenvalue weighted by Crippen LogP contribution is -2.36. The van der Waals surface area contributed by atoms with Crippen molar-refractivity contribution >= 4 is 44.6 Å². The van der Waals surface area contributed by atoms with Crippen molar-refractivity contribution < 1.29 is 18.8 Å². The van der Waals surface area contributed by atoms with E-state index >= 15 is 4.39 Å². The zero-order valence-corrected chi connectivity index (χ0v) is 19.4. The van der Waals surface area contributed by atoms with Crippen LogP contribution in [0.2, 0.25) is 0 Å². The quantitative estimate of drug-likeness (QED) is 0.523. The van der Waals surface area contributed by atoms with Crippen LogP contribution >= 0.6 is 10.0 Å². The molecule has 2 aromatic carbocycles. The zero-order chi connectivity index (χ0) is 24.9. The van der Waals surface area contributed by atoms with E-state index in [0.29, 0.717) is 4.90 Å². The van der Waals surface area contributed by atoms with E-state index in [-0.39, 0.29) is 40.0 Å². The molecule has 11 heteroatoms. The number of nitriles is 1. The SMILES string of the molecule is CS(C)(C1=NC(=O)C(=O)N1c1ccccc1C#N)c1cc(F)c2c(c1)C(=O)N(c1ncccn1)C2. The molecular formula is C24H17FN6O3S. The summed E-state index contributed by atoms with van der Waals surface area (Å²) in [5.41, 5.74) is 0.782. The number of hydrogen-bond acceptors (Lipinski definition) is 6. The molecule has 0 saturated carbocycles. The number of para-hydroxylation sites is 1. The molecule has 0 radical (unpaired) electrons. The normalized spacial score (nSPS) is 15.8. The van der Waals surface area contributed by atoms with E-state index in [4.69, 9.17) is 0 Å². The van der Waals surface area contributed by atoms with Crippen molar-refractivity contribution in [2.24, 2.45) is 4.99 Å². The molecule has 9 nitrogen and oxygen atoms in total. The summed E-state index contributed by atoms with van der Waals surface area (Å²) in [6.07, 6.45) is 6.48. The molecule has 0 N–H and O–H groups in total. The van der Waals surface area contributed by atoms with Crippen LogP contribution in [-0.2, 0) is 16.1 Å². The van der Waals surface area contributed by atoms with E-state index < -0.39 is 33.6 Å². The van der Waals surface area contributed by atoms with Crippen molar-refractivity contribution in [3.8, 4) is 6.07 Å². The molecule has 0 aliphatic carbocycles. The molecule has 3 aromatic rings. The first kappa shape index (κ1) is 22.4. The Hall–Kier alpha value is -4.43. The summed E-state index contributed by atoms with van der Waals surface area (Å²) in [5.74, 6) is -2.75. The summed E-state index contributed by atoms with van der Waals surface area (Å²) in [5, 5.41) is 9.63. The standard InChI is InChI=1S/C24H17FN6O3S/c1-35(2,24-29-20(32)22(34)31(24)19-7-4-3-6-14(19)12-26)15-10-16-17(18(25)11-15)13-30(21(16)33)23-27-8-5-9-28-23/h3-11H,13H2,1-2H3. The molecule has 0 atom stereocenters. The topological polar surface area (TPSA) is 120 Å². The molecule has 0 unspecified atom stereocenters. The fraction of sp³-hybridized carbons (Fsp3) is 0.125. The minimum Gasteiger partial charge on any atom is -0.272 e. The lowest BCUT2D eigenvalue weighted by atomic mass is 10.1. The Morgan fingerprint density at radius 3 is 2.46 bits per heavy atom. The van der Waals surface area contributed by atoms with Crippen LogP contribution in [0.25, 0.3) is 0 Å². The van der Waals surface area contributed by atoms with Gasteiger partial charge in [0.15, 0.2) is 5.17 Å². The van der Waals surface area contributed by atoms with Gasteiger partial charge in [-0.15, -0.1) is 0 Å². The minimum atomic E-state index is -2.29. The number of fused-ring (bicyclic) bond motifs is 1.